The molecule has 0 aliphatic rings. The van der Waals surface area contributed by atoms with Crippen LogP contribution in [-0.2, 0) is 57.2 Å². The summed E-state index contributed by atoms with van der Waals surface area (Å²) in [6, 6.07) is 58.7. The molecule has 8 rings (SSSR count). The van der Waals surface area contributed by atoms with E-state index in [1.807, 2.05) is 97.1 Å². The molecule has 0 aromatic heterocycles. The SMILES string of the molecule is C=C(C)C(=O)OCC(O)COc1ccc(C(c2ccc(OCC(O)COC(=O)C(=C)C)cc2)C(c2ccc(OCC(O)COC(=O)C(=C)C)cc2)c2ccc(OCC(O)COC(=O)C(=C)C)cc2)cc1.C=CC(=O)OCC(O)COc1ccc(C(c2ccc(OCC(O)CO)cc2)C(c2ccc(OCC(O)CO)cc2)c2ccc(OCC(O)COC(=O)C=C)cc2)cc1. The number of ether oxygens (including phenoxy) is 14. The Kier molecular flexibility index (Phi) is 42.7. The lowest BCUT2D eigenvalue weighted by Crippen LogP contribution is -2.25. The van der Waals surface area contributed by atoms with Gasteiger partial charge in [-0.2, -0.15) is 0 Å². The van der Waals surface area contributed by atoms with E-state index >= 15 is 0 Å². The summed E-state index contributed by atoms with van der Waals surface area (Å²) in [7, 11) is 0. The predicted octanol–water partition coefficient (Wildman–Crippen LogP) is 9.14. The molecule has 8 aromatic carbocycles. The van der Waals surface area contributed by atoms with Gasteiger partial charge in [0.2, 0.25) is 0 Å². The number of hydrogen-bond acceptors (Lipinski definition) is 30. The predicted molar refractivity (Wildman–Crippen MR) is 470 cm³/mol. The fraction of sp³-hybridized carbons (Fsp3) is 0.327. The second kappa shape index (κ2) is 53.5. The average Bonchev–Trinajstić information content (AvgIpc) is 0.782. The molecular formula is C98H112O30. The van der Waals surface area contributed by atoms with Crippen molar-refractivity contribution in [1.29, 1.82) is 0 Å². The number of rotatable bonds is 54. The van der Waals surface area contributed by atoms with Crippen molar-refractivity contribution in [3.05, 3.63) is 313 Å². The maximum atomic E-state index is 11.8. The first kappa shape index (κ1) is 102. The molecule has 10 N–H and O–H groups in total. The molecule has 0 bridgehead atoms. The van der Waals surface area contributed by atoms with Gasteiger partial charge in [-0.05, 0) is 169 Å². The van der Waals surface area contributed by atoms with E-state index in [9.17, 15) is 79.8 Å². The zero-order chi connectivity index (χ0) is 93.2. The van der Waals surface area contributed by atoms with Crippen molar-refractivity contribution in [2.24, 2.45) is 0 Å². The van der Waals surface area contributed by atoms with Crippen LogP contribution in [0.2, 0.25) is 0 Å². The Hall–Kier alpha value is -13.0. The van der Waals surface area contributed by atoms with Gasteiger partial charge < -0.3 is 117 Å². The minimum atomic E-state index is -1.10. The smallest absolute Gasteiger partial charge is 0.333 e. The van der Waals surface area contributed by atoms with Crippen molar-refractivity contribution in [1.82, 2.24) is 0 Å². The van der Waals surface area contributed by atoms with Gasteiger partial charge in [0.15, 0.2) is 0 Å². The second-order valence-electron chi connectivity index (χ2n) is 29.7. The van der Waals surface area contributed by atoms with Crippen molar-refractivity contribution in [3.8, 4) is 46.0 Å². The highest BCUT2D eigenvalue weighted by molar-refractivity contribution is 5.88. The molecule has 128 heavy (non-hydrogen) atoms. The summed E-state index contributed by atoms with van der Waals surface area (Å²) >= 11 is 0. The lowest BCUT2D eigenvalue weighted by Gasteiger charge is -2.30. The molecule has 0 radical (unpaired) electrons. The molecule has 0 fully saturated rings. The third-order valence-electron chi connectivity index (χ3n) is 18.7. The molecule has 10 unspecified atom stereocenters. The van der Waals surface area contributed by atoms with E-state index < -0.39 is 110 Å². The number of aliphatic hydroxyl groups is 10. The summed E-state index contributed by atoms with van der Waals surface area (Å²) < 4.78 is 76.4. The third kappa shape index (κ3) is 35.1. The van der Waals surface area contributed by atoms with Crippen LogP contribution in [0.1, 0.15) is 95.9 Å². The summed E-state index contributed by atoms with van der Waals surface area (Å²) in [5.74, 6) is -1.68. The maximum Gasteiger partial charge on any atom is 0.333 e. The van der Waals surface area contributed by atoms with E-state index in [1.54, 1.807) is 97.1 Å². The van der Waals surface area contributed by atoms with Gasteiger partial charge in [0, 0.05) is 58.1 Å². The molecule has 0 amide bonds. The molecule has 0 spiro atoms. The Morgan fingerprint density at radius 3 is 0.492 bits per heavy atom. The van der Waals surface area contributed by atoms with Crippen LogP contribution in [-0.4, -0.2) is 241 Å². The molecule has 8 aromatic rings. The third-order valence-corrected chi connectivity index (χ3v) is 18.7. The second-order valence-corrected chi connectivity index (χ2v) is 29.7. The highest BCUT2D eigenvalue weighted by atomic mass is 16.6. The normalized spacial score (nSPS) is 13.7. The highest BCUT2D eigenvalue weighted by Crippen LogP contribution is 2.47. The van der Waals surface area contributed by atoms with Gasteiger partial charge in [0.25, 0.3) is 0 Å². The minimum absolute atomic E-state index is 0.0933. The van der Waals surface area contributed by atoms with E-state index in [2.05, 4.69) is 39.5 Å². The van der Waals surface area contributed by atoms with Crippen LogP contribution in [0.5, 0.6) is 46.0 Å². The summed E-state index contributed by atoms with van der Waals surface area (Å²) in [5.41, 5.74) is 7.73. The summed E-state index contributed by atoms with van der Waals surface area (Å²) in [5, 5.41) is 100. The quantitative estimate of drug-likeness (QED) is 0.00964. The molecule has 684 valence electrons. The van der Waals surface area contributed by atoms with Crippen LogP contribution in [0.25, 0.3) is 0 Å². The summed E-state index contributed by atoms with van der Waals surface area (Å²) in [4.78, 5) is 70.1. The van der Waals surface area contributed by atoms with Crippen molar-refractivity contribution in [2.45, 2.75) is 100 Å². The first-order valence-corrected chi connectivity index (χ1v) is 40.7. The van der Waals surface area contributed by atoms with Crippen LogP contribution >= 0.6 is 0 Å². The van der Waals surface area contributed by atoms with Crippen LogP contribution in [0, 0.1) is 0 Å². The van der Waals surface area contributed by atoms with Gasteiger partial charge in [-0.15, -0.1) is 0 Å². The first-order valence-electron chi connectivity index (χ1n) is 40.7. The Labute approximate surface area is 742 Å². The molecule has 0 aliphatic heterocycles. The van der Waals surface area contributed by atoms with Crippen molar-refractivity contribution >= 4 is 35.8 Å². The van der Waals surface area contributed by atoms with Crippen LogP contribution in [0.3, 0.4) is 0 Å². The van der Waals surface area contributed by atoms with E-state index in [-0.39, 0.29) is 127 Å². The average molecular weight is 1770 g/mol. The number of esters is 6. The van der Waals surface area contributed by atoms with E-state index in [0.717, 1.165) is 56.7 Å². The van der Waals surface area contributed by atoms with Gasteiger partial charge in [0.1, 0.15) is 187 Å². The number of benzene rings is 8. The number of aliphatic hydroxyl groups excluding tert-OH is 10. The Morgan fingerprint density at radius 2 is 0.367 bits per heavy atom. The van der Waals surface area contributed by atoms with Crippen LogP contribution in [0.15, 0.2) is 268 Å². The van der Waals surface area contributed by atoms with Crippen molar-refractivity contribution in [2.75, 3.05) is 106 Å². The number of carbonyl (C=O) groups is 6. The lowest BCUT2D eigenvalue weighted by molar-refractivity contribution is -0.143. The topological polar surface area (TPSA) is 434 Å². The standard InChI is InChI=1S/C54H62O16.C44H50O14/c1-33(2)51(59)67-29-41(55)25-63-45-17-9-37(10-18-45)49(38-11-19-46(20-12-38)64-26-42(56)30-68-52(60)34(3)4)50(39-13-21-47(22-14-39)65-27-43(57)31-69-53(61)35(5)6)40-15-23-48(24-16-40)66-28-44(58)32-70-54(62)36(7)8;1-3-41(51)57-27-35(49)25-55-39-17-9-31(10-18-39)43(29-5-13-37(14-6-29)53-23-33(47)21-45)44(30-7-15-38(16-8-30)54-24-34(48)22-46)32-11-19-40(20-12-32)56-26-36(50)28-58-42(52)4-2/h9-24,41-44,49-50,55-58H,1,3,5,7,25-32H2,2,4,6,8H3;3-20,33-36,43-50H,1-2,21-28H2. The molecule has 0 saturated heterocycles. The van der Waals surface area contributed by atoms with E-state index in [4.69, 9.17) is 66.3 Å². The molecule has 0 heterocycles. The molecule has 0 saturated carbocycles. The highest BCUT2D eigenvalue weighted by Gasteiger charge is 2.32. The van der Waals surface area contributed by atoms with Gasteiger partial charge >= 0.3 is 35.8 Å². The Bertz CT molecular complexity index is 4370. The largest absolute Gasteiger partial charge is 0.491 e. The minimum Gasteiger partial charge on any atom is -0.491 e. The zero-order valence-electron chi connectivity index (χ0n) is 71.8. The van der Waals surface area contributed by atoms with Crippen LogP contribution in [0.4, 0.5) is 0 Å². The fourth-order valence-electron chi connectivity index (χ4n) is 12.1. The summed E-state index contributed by atoms with van der Waals surface area (Å²) in [6.45, 7) is 23.3. The number of hydrogen-bond donors (Lipinski definition) is 10. The van der Waals surface area contributed by atoms with Crippen molar-refractivity contribution < 1.29 is 146 Å². The first-order chi connectivity index (χ1) is 61.3. The fourth-order valence-corrected chi connectivity index (χ4v) is 12.1. The monoisotopic (exact) mass is 1770 g/mol. The molecular weight excluding hydrogens is 1660 g/mol. The van der Waals surface area contributed by atoms with Gasteiger partial charge in [-0.1, -0.05) is 137 Å². The lowest BCUT2D eigenvalue weighted by atomic mass is 9.73. The maximum absolute atomic E-state index is 11.8. The Morgan fingerprint density at radius 1 is 0.234 bits per heavy atom. The molecule has 30 nitrogen and oxygen atoms in total. The number of carbonyl (C=O) groups excluding carboxylic acids is 6. The molecule has 0 aliphatic carbocycles. The van der Waals surface area contributed by atoms with E-state index in [0.29, 0.717) is 46.0 Å². The molecule has 30 heteroatoms. The van der Waals surface area contributed by atoms with Gasteiger partial charge in [0.05, 0.1) is 13.2 Å². The Balaban J connectivity index is 0.000000357. The van der Waals surface area contributed by atoms with Gasteiger partial charge in [-0.3, -0.25) is 0 Å². The molecule has 10 atom stereocenters. The zero-order valence-corrected chi connectivity index (χ0v) is 71.8. The van der Waals surface area contributed by atoms with Gasteiger partial charge in [-0.25, -0.2) is 28.8 Å². The van der Waals surface area contributed by atoms with E-state index in [1.165, 1.54) is 27.7 Å². The van der Waals surface area contributed by atoms with Crippen molar-refractivity contribution in [3.63, 3.8) is 0 Å². The van der Waals surface area contributed by atoms with Crippen LogP contribution < -0.4 is 37.9 Å². The summed E-state index contributed by atoms with van der Waals surface area (Å²) in [6.07, 6.45) is -6.59.